The first kappa shape index (κ1) is 18.0. The molecule has 5 heteroatoms. The van der Waals surface area contributed by atoms with Gasteiger partial charge in [-0.25, -0.2) is 0 Å². The Bertz CT molecular complexity index is 1030. The van der Waals surface area contributed by atoms with Gasteiger partial charge in [-0.1, -0.05) is 42.5 Å². The van der Waals surface area contributed by atoms with Crippen molar-refractivity contribution < 1.29 is 9.31 Å². The van der Waals surface area contributed by atoms with Crippen LogP contribution in [0.4, 0.5) is 0 Å². The molecular weight excluding hydrogens is 337 g/mol. The average molecular weight is 361 g/mol. The molecular formula is C22H24BNO3. The van der Waals surface area contributed by atoms with E-state index in [4.69, 9.17) is 9.31 Å². The van der Waals surface area contributed by atoms with E-state index in [1.54, 1.807) is 10.6 Å². The van der Waals surface area contributed by atoms with Gasteiger partial charge in [0.05, 0.1) is 17.7 Å². The molecule has 0 atom stereocenters. The molecule has 2 heterocycles. The molecule has 0 spiro atoms. The van der Waals surface area contributed by atoms with Crippen LogP contribution in [0, 0.1) is 0 Å². The van der Waals surface area contributed by atoms with Gasteiger partial charge in [-0.05, 0) is 55.6 Å². The van der Waals surface area contributed by atoms with Crippen molar-refractivity contribution in [3.63, 3.8) is 0 Å². The van der Waals surface area contributed by atoms with Gasteiger partial charge in [0, 0.05) is 12.3 Å². The molecule has 1 aromatic heterocycles. The molecule has 27 heavy (non-hydrogen) atoms. The van der Waals surface area contributed by atoms with E-state index >= 15 is 0 Å². The zero-order valence-electron chi connectivity index (χ0n) is 16.2. The predicted octanol–water partition coefficient (Wildman–Crippen LogP) is 3.35. The van der Waals surface area contributed by atoms with Crippen LogP contribution < -0.4 is 11.0 Å². The molecule has 1 aliphatic heterocycles. The van der Waals surface area contributed by atoms with E-state index in [0.29, 0.717) is 6.54 Å². The van der Waals surface area contributed by atoms with Crippen molar-refractivity contribution in [2.24, 2.45) is 0 Å². The van der Waals surface area contributed by atoms with Gasteiger partial charge in [0.15, 0.2) is 0 Å². The average Bonchev–Trinajstić information content (AvgIpc) is 2.84. The van der Waals surface area contributed by atoms with Crippen LogP contribution in [0.1, 0.15) is 33.3 Å². The van der Waals surface area contributed by atoms with Gasteiger partial charge in [0.25, 0.3) is 0 Å². The Morgan fingerprint density at radius 1 is 0.926 bits per heavy atom. The highest BCUT2D eigenvalue weighted by Crippen LogP contribution is 2.36. The van der Waals surface area contributed by atoms with Crippen LogP contribution >= 0.6 is 0 Å². The molecule has 138 valence electrons. The molecule has 0 bridgehead atoms. The van der Waals surface area contributed by atoms with Crippen molar-refractivity contribution in [3.8, 4) is 0 Å². The Balaban J connectivity index is 1.62. The van der Waals surface area contributed by atoms with Crippen molar-refractivity contribution in [2.45, 2.75) is 45.4 Å². The van der Waals surface area contributed by atoms with Crippen molar-refractivity contribution in [1.29, 1.82) is 0 Å². The highest BCUT2D eigenvalue weighted by atomic mass is 16.7. The molecule has 1 aliphatic rings. The topological polar surface area (TPSA) is 40.5 Å². The summed E-state index contributed by atoms with van der Waals surface area (Å²) in [5, 5.41) is 2.35. The fraction of sp³-hybridized carbons (Fsp3) is 0.318. The first-order chi connectivity index (χ1) is 12.8. The summed E-state index contributed by atoms with van der Waals surface area (Å²) < 4.78 is 13.8. The van der Waals surface area contributed by atoms with Crippen molar-refractivity contribution >= 4 is 23.4 Å². The zero-order chi connectivity index (χ0) is 19.2. The summed E-state index contributed by atoms with van der Waals surface area (Å²) in [5.41, 5.74) is 0.979. The molecule has 0 radical (unpaired) electrons. The Labute approximate surface area is 159 Å². The molecule has 3 aromatic rings. The molecule has 2 aromatic carbocycles. The Hall–Kier alpha value is -2.37. The van der Waals surface area contributed by atoms with Crippen LogP contribution in [0.2, 0.25) is 0 Å². The number of rotatable bonds is 3. The summed E-state index contributed by atoms with van der Waals surface area (Å²) in [6.45, 7) is 8.57. The third kappa shape index (κ3) is 3.22. The maximum absolute atomic E-state index is 12.7. The normalized spacial score (nSPS) is 18.1. The van der Waals surface area contributed by atoms with E-state index in [2.05, 4.69) is 24.3 Å². The molecule has 1 saturated heterocycles. The highest BCUT2D eigenvalue weighted by Gasteiger charge is 2.51. The molecule has 0 unspecified atom stereocenters. The summed E-state index contributed by atoms with van der Waals surface area (Å²) in [6.07, 6.45) is 1.82. The van der Waals surface area contributed by atoms with Gasteiger partial charge in [-0.15, -0.1) is 0 Å². The summed E-state index contributed by atoms with van der Waals surface area (Å²) in [4.78, 5) is 12.7. The third-order valence-corrected chi connectivity index (χ3v) is 5.77. The SMILES string of the molecule is CC1(C)OB(c2ccn(Cc3cccc4ccccc34)c(=O)c2)OC1(C)C. The van der Waals surface area contributed by atoms with Crippen LogP contribution in [0.5, 0.6) is 0 Å². The third-order valence-electron chi connectivity index (χ3n) is 5.77. The van der Waals surface area contributed by atoms with Crippen LogP contribution in [-0.2, 0) is 15.9 Å². The van der Waals surface area contributed by atoms with Gasteiger partial charge in [0.2, 0.25) is 5.56 Å². The van der Waals surface area contributed by atoms with E-state index in [0.717, 1.165) is 11.0 Å². The van der Waals surface area contributed by atoms with Crippen LogP contribution in [-0.4, -0.2) is 22.9 Å². The van der Waals surface area contributed by atoms with Gasteiger partial charge in [-0.2, -0.15) is 0 Å². The number of nitrogens with zero attached hydrogens (tertiary/aromatic N) is 1. The first-order valence-corrected chi connectivity index (χ1v) is 9.29. The predicted molar refractivity (Wildman–Crippen MR) is 109 cm³/mol. The Morgan fingerprint density at radius 2 is 1.59 bits per heavy atom. The monoisotopic (exact) mass is 361 g/mol. The van der Waals surface area contributed by atoms with E-state index in [9.17, 15) is 4.79 Å². The largest absolute Gasteiger partial charge is 0.495 e. The van der Waals surface area contributed by atoms with Gasteiger partial charge >= 0.3 is 7.12 Å². The first-order valence-electron chi connectivity index (χ1n) is 9.29. The molecule has 0 N–H and O–H groups in total. The zero-order valence-corrected chi connectivity index (χ0v) is 16.2. The molecule has 1 fully saturated rings. The summed E-state index contributed by atoms with van der Waals surface area (Å²) in [7, 11) is -0.519. The van der Waals surface area contributed by atoms with Crippen molar-refractivity contribution in [3.05, 3.63) is 76.7 Å². The summed E-state index contributed by atoms with van der Waals surface area (Å²) in [6, 6.07) is 17.9. The second-order valence-corrected chi connectivity index (χ2v) is 8.15. The molecule has 4 rings (SSSR count). The van der Waals surface area contributed by atoms with E-state index in [-0.39, 0.29) is 5.56 Å². The lowest BCUT2D eigenvalue weighted by Crippen LogP contribution is -2.41. The minimum absolute atomic E-state index is 0.0600. The molecule has 0 amide bonds. The molecule has 0 aliphatic carbocycles. The summed E-state index contributed by atoms with van der Waals surface area (Å²) in [5.74, 6) is 0. The van der Waals surface area contributed by atoms with Gasteiger partial charge in [0.1, 0.15) is 0 Å². The van der Waals surface area contributed by atoms with Crippen molar-refractivity contribution in [2.75, 3.05) is 0 Å². The standard InChI is InChI=1S/C22H24BNO3/c1-21(2)22(3,4)27-23(26-21)18-12-13-24(20(25)14-18)15-17-10-7-9-16-8-5-6-11-19(16)17/h5-14H,15H2,1-4H3. The van der Waals surface area contributed by atoms with E-state index < -0.39 is 18.3 Å². The Kier molecular flexibility index (Phi) is 4.24. The van der Waals surface area contributed by atoms with E-state index in [1.807, 2.05) is 58.2 Å². The maximum atomic E-state index is 12.7. The maximum Gasteiger partial charge on any atom is 0.495 e. The van der Waals surface area contributed by atoms with Gasteiger partial charge < -0.3 is 13.9 Å². The van der Waals surface area contributed by atoms with Crippen LogP contribution in [0.15, 0.2) is 65.6 Å². The second-order valence-electron chi connectivity index (χ2n) is 8.15. The van der Waals surface area contributed by atoms with Crippen LogP contribution in [0.3, 0.4) is 0 Å². The number of aromatic nitrogens is 1. The number of fused-ring (bicyclic) bond motifs is 1. The lowest BCUT2D eigenvalue weighted by atomic mass is 9.80. The minimum atomic E-state index is -0.519. The number of benzene rings is 2. The summed E-state index contributed by atoms with van der Waals surface area (Å²) >= 11 is 0. The fourth-order valence-electron chi connectivity index (χ4n) is 3.39. The van der Waals surface area contributed by atoms with E-state index in [1.165, 1.54) is 10.8 Å². The minimum Gasteiger partial charge on any atom is -0.399 e. The van der Waals surface area contributed by atoms with Crippen molar-refractivity contribution in [1.82, 2.24) is 4.57 Å². The van der Waals surface area contributed by atoms with Crippen LogP contribution in [0.25, 0.3) is 10.8 Å². The number of hydrogen-bond donors (Lipinski definition) is 0. The number of pyridine rings is 1. The quantitative estimate of drug-likeness (QED) is 0.672. The molecule has 4 nitrogen and oxygen atoms in total. The second kappa shape index (κ2) is 6.36. The highest BCUT2D eigenvalue weighted by molar-refractivity contribution is 6.62. The number of hydrogen-bond acceptors (Lipinski definition) is 3. The Morgan fingerprint density at radius 3 is 2.30 bits per heavy atom. The molecule has 0 saturated carbocycles. The van der Waals surface area contributed by atoms with Gasteiger partial charge in [-0.3, -0.25) is 4.79 Å². The lowest BCUT2D eigenvalue weighted by molar-refractivity contribution is 0.00578. The lowest BCUT2D eigenvalue weighted by Gasteiger charge is -2.32. The fourth-order valence-corrected chi connectivity index (χ4v) is 3.39. The smallest absolute Gasteiger partial charge is 0.399 e.